The zero-order valence-electron chi connectivity index (χ0n) is 10.8. The van der Waals surface area contributed by atoms with Crippen LogP contribution in [0.1, 0.15) is 10.4 Å². The van der Waals surface area contributed by atoms with E-state index < -0.39 is 0 Å². The highest BCUT2D eigenvalue weighted by atomic mass is 79.9. The summed E-state index contributed by atoms with van der Waals surface area (Å²) in [6, 6.07) is 15.1. The minimum absolute atomic E-state index is 0.121. The topological polar surface area (TPSA) is 29.1 Å². The molecule has 0 atom stereocenters. The summed E-state index contributed by atoms with van der Waals surface area (Å²) in [6.07, 6.45) is 1.84. The van der Waals surface area contributed by atoms with Crippen molar-refractivity contribution in [3.05, 3.63) is 71.2 Å². The van der Waals surface area contributed by atoms with Gasteiger partial charge in [-0.05, 0) is 40.2 Å². The lowest BCUT2D eigenvalue weighted by Gasteiger charge is -2.10. The maximum absolute atomic E-state index is 12.3. The van der Waals surface area contributed by atoms with Gasteiger partial charge in [-0.1, -0.05) is 30.3 Å². The quantitative estimate of drug-likeness (QED) is 0.610. The largest absolute Gasteiger partial charge is 0.321 e. The highest BCUT2D eigenvalue weighted by molar-refractivity contribution is 9.10. The van der Waals surface area contributed by atoms with Crippen LogP contribution in [0.25, 0.3) is 0 Å². The second kappa shape index (κ2) is 7.31. The zero-order chi connectivity index (χ0) is 14.4. The first-order valence-corrected chi connectivity index (χ1v) is 7.89. The number of nitrogens with one attached hydrogen (secondary N) is 1. The van der Waals surface area contributed by atoms with E-state index in [1.165, 1.54) is 0 Å². The van der Waals surface area contributed by atoms with Crippen molar-refractivity contribution in [1.82, 2.24) is 0 Å². The molecule has 0 radical (unpaired) electrons. The molecule has 0 aliphatic heterocycles. The minimum atomic E-state index is -0.121. The van der Waals surface area contributed by atoms with Crippen molar-refractivity contribution in [2.75, 3.05) is 11.1 Å². The van der Waals surface area contributed by atoms with Gasteiger partial charge in [0, 0.05) is 15.1 Å². The van der Waals surface area contributed by atoms with E-state index in [-0.39, 0.29) is 5.91 Å². The van der Waals surface area contributed by atoms with Gasteiger partial charge in [-0.25, -0.2) is 0 Å². The number of benzene rings is 2. The fourth-order valence-corrected chi connectivity index (χ4v) is 2.89. The Balaban J connectivity index is 2.20. The molecule has 0 fully saturated rings. The Kier molecular flexibility index (Phi) is 5.44. The number of halogens is 1. The molecule has 20 heavy (non-hydrogen) atoms. The molecule has 102 valence electrons. The number of hydrogen-bond acceptors (Lipinski definition) is 2. The third-order valence-corrected chi connectivity index (χ3v) is 4.37. The lowest BCUT2D eigenvalue weighted by molar-refractivity contribution is 0.102. The van der Waals surface area contributed by atoms with Crippen LogP contribution in [0.5, 0.6) is 0 Å². The summed E-state index contributed by atoms with van der Waals surface area (Å²) in [4.78, 5) is 13.3. The SMILES string of the molecule is C=CCSc1ccccc1NC(=O)c1ccccc1Br. The van der Waals surface area contributed by atoms with Crippen LogP contribution >= 0.6 is 27.7 Å². The van der Waals surface area contributed by atoms with Crippen molar-refractivity contribution in [2.24, 2.45) is 0 Å². The summed E-state index contributed by atoms with van der Waals surface area (Å²) in [7, 11) is 0. The number of thioether (sulfide) groups is 1. The van der Waals surface area contributed by atoms with Crippen molar-refractivity contribution >= 4 is 39.3 Å². The Hall–Kier alpha value is -1.52. The summed E-state index contributed by atoms with van der Waals surface area (Å²) in [5.41, 5.74) is 1.44. The molecule has 0 saturated carbocycles. The van der Waals surface area contributed by atoms with Gasteiger partial charge in [0.1, 0.15) is 0 Å². The van der Waals surface area contributed by atoms with Gasteiger partial charge in [-0.2, -0.15) is 0 Å². The van der Waals surface area contributed by atoms with Crippen LogP contribution in [0.3, 0.4) is 0 Å². The first-order valence-electron chi connectivity index (χ1n) is 6.11. The molecule has 0 aliphatic rings. The molecule has 0 aliphatic carbocycles. The van der Waals surface area contributed by atoms with E-state index in [1.807, 2.05) is 48.5 Å². The smallest absolute Gasteiger partial charge is 0.256 e. The second-order valence-corrected chi connectivity index (χ2v) is 5.95. The first kappa shape index (κ1) is 14.9. The van der Waals surface area contributed by atoms with Crippen molar-refractivity contribution in [3.63, 3.8) is 0 Å². The molecule has 4 heteroatoms. The van der Waals surface area contributed by atoms with Gasteiger partial charge in [-0.3, -0.25) is 4.79 Å². The number of para-hydroxylation sites is 1. The predicted octanol–water partition coefficient (Wildman–Crippen LogP) is 4.98. The Morgan fingerprint density at radius 2 is 1.90 bits per heavy atom. The van der Waals surface area contributed by atoms with Crippen molar-refractivity contribution in [1.29, 1.82) is 0 Å². The van der Waals surface area contributed by atoms with Crippen LogP contribution < -0.4 is 5.32 Å². The third-order valence-electron chi connectivity index (χ3n) is 2.61. The molecule has 2 rings (SSSR count). The maximum atomic E-state index is 12.3. The number of rotatable bonds is 5. The number of carbonyl (C=O) groups is 1. The van der Waals surface area contributed by atoms with E-state index in [2.05, 4.69) is 27.8 Å². The van der Waals surface area contributed by atoms with E-state index in [0.717, 1.165) is 20.8 Å². The molecule has 0 saturated heterocycles. The molecule has 0 aromatic heterocycles. The Bertz CT molecular complexity index is 627. The highest BCUT2D eigenvalue weighted by Gasteiger charge is 2.11. The fraction of sp³-hybridized carbons (Fsp3) is 0.0625. The third kappa shape index (κ3) is 3.74. The Morgan fingerprint density at radius 1 is 1.20 bits per heavy atom. The van der Waals surface area contributed by atoms with Gasteiger partial charge in [0.05, 0.1) is 11.3 Å². The first-order chi connectivity index (χ1) is 9.72. The summed E-state index contributed by atoms with van der Waals surface area (Å²) >= 11 is 5.04. The predicted molar refractivity (Wildman–Crippen MR) is 89.5 cm³/mol. The van der Waals surface area contributed by atoms with E-state index >= 15 is 0 Å². The standard InChI is InChI=1S/C16H14BrNOS/c1-2-11-20-15-10-6-5-9-14(15)18-16(19)12-7-3-4-8-13(12)17/h2-10H,1,11H2,(H,18,19). The van der Waals surface area contributed by atoms with E-state index in [4.69, 9.17) is 0 Å². The number of amides is 1. The molecule has 0 heterocycles. The Labute approximate surface area is 131 Å². The van der Waals surface area contributed by atoms with Gasteiger partial charge in [-0.15, -0.1) is 18.3 Å². The molecule has 2 nitrogen and oxygen atoms in total. The molecular weight excluding hydrogens is 334 g/mol. The minimum Gasteiger partial charge on any atom is -0.321 e. The normalized spacial score (nSPS) is 10.1. The molecule has 2 aromatic carbocycles. The fourth-order valence-electron chi connectivity index (χ4n) is 1.68. The van der Waals surface area contributed by atoms with Gasteiger partial charge < -0.3 is 5.32 Å². The van der Waals surface area contributed by atoms with E-state index in [9.17, 15) is 4.79 Å². The lowest BCUT2D eigenvalue weighted by Crippen LogP contribution is -2.13. The lowest BCUT2D eigenvalue weighted by atomic mass is 10.2. The van der Waals surface area contributed by atoms with Crippen LogP contribution in [0, 0.1) is 0 Å². The van der Waals surface area contributed by atoms with Crippen molar-refractivity contribution in [2.45, 2.75) is 4.90 Å². The second-order valence-electron chi connectivity index (χ2n) is 4.03. The summed E-state index contributed by atoms with van der Waals surface area (Å²) in [5.74, 6) is 0.686. The van der Waals surface area contributed by atoms with Crippen LogP contribution in [-0.2, 0) is 0 Å². The van der Waals surface area contributed by atoms with Crippen LogP contribution in [0.15, 0.2) is 70.6 Å². The van der Waals surface area contributed by atoms with Crippen LogP contribution in [-0.4, -0.2) is 11.7 Å². The van der Waals surface area contributed by atoms with Crippen LogP contribution in [0.4, 0.5) is 5.69 Å². The molecule has 0 unspecified atom stereocenters. The monoisotopic (exact) mass is 347 g/mol. The van der Waals surface area contributed by atoms with Gasteiger partial charge in [0.2, 0.25) is 0 Å². The van der Waals surface area contributed by atoms with Crippen molar-refractivity contribution in [3.8, 4) is 0 Å². The molecule has 2 aromatic rings. The number of carbonyl (C=O) groups excluding carboxylic acids is 1. The average molecular weight is 348 g/mol. The summed E-state index contributed by atoms with van der Waals surface area (Å²) in [6.45, 7) is 3.71. The molecule has 1 N–H and O–H groups in total. The average Bonchev–Trinajstić information content (AvgIpc) is 2.46. The highest BCUT2D eigenvalue weighted by Crippen LogP contribution is 2.28. The Morgan fingerprint density at radius 3 is 2.65 bits per heavy atom. The number of hydrogen-bond donors (Lipinski definition) is 1. The summed E-state index contributed by atoms with van der Waals surface area (Å²) in [5, 5.41) is 2.95. The van der Waals surface area contributed by atoms with Gasteiger partial charge in [0.25, 0.3) is 5.91 Å². The van der Waals surface area contributed by atoms with Crippen molar-refractivity contribution < 1.29 is 4.79 Å². The van der Waals surface area contributed by atoms with Crippen LogP contribution in [0.2, 0.25) is 0 Å². The molecular formula is C16H14BrNOS. The maximum Gasteiger partial charge on any atom is 0.256 e. The molecule has 0 bridgehead atoms. The van der Waals surface area contributed by atoms with E-state index in [1.54, 1.807) is 17.8 Å². The molecule has 1 amide bonds. The molecule has 0 spiro atoms. The zero-order valence-corrected chi connectivity index (χ0v) is 13.2. The van der Waals surface area contributed by atoms with Gasteiger partial charge in [0.15, 0.2) is 0 Å². The van der Waals surface area contributed by atoms with E-state index in [0.29, 0.717) is 5.56 Å². The summed E-state index contributed by atoms with van der Waals surface area (Å²) < 4.78 is 0.786. The number of anilines is 1. The van der Waals surface area contributed by atoms with Gasteiger partial charge >= 0.3 is 0 Å².